The molecule has 1 aromatic heterocycles. The Labute approximate surface area is 157 Å². The van der Waals surface area contributed by atoms with E-state index in [0.29, 0.717) is 19.0 Å². The van der Waals surface area contributed by atoms with Gasteiger partial charge < -0.3 is 13.9 Å². The van der Waals surface area contributed by atoms with E-state index < -0.39 is 0 Å². The van der Waals surface area contributed by atoms with E-state index >= 15 is 0 Å². The number of methoxy groups -OCH3 is 1. The first-order valence-electron chi connectivity index (χ1n) is 8.89. The lowest BCUT2D eigenvalue weighted by Crippen LogP contribution is -2.37. The molecule has 3 aromatic rings. The van der Waals surface area contributed by atoms with Crippen LogP contribution in [0.3, 0.4) is 0 Å². The van der Waals surface area contributed by atoms with Crippen molar-refractivity contribution >= 4 is 0 Å². The summed E-state index contributed by atoms with van der Waals surface area (Å²) in [5.74, 6) is 1.15. The molecule has 1 saturated heterocycles. The first-order chi connectivity index (χ1) is 13.2. The lowest BCUT2D eigenvalue weighted by molar-refractivity contribution is -0.0333. The van der Waals surface area contributed by atoms with Crippen LogP contribution in [0, 0.1) is 5.82 Å². The molecule has 1 fully saturated rings. The maximum Gasteiger partial charge on any atom is 0.226 e. The SMILES string of the molecule is COc1ccc(-c2nc(CN3CCOC(c4ccc(F)cc4)C3)co2)cc1. The zero-order valence-corrected chi connectivity index (χ0v) is 15.1. The van der Waals surface area contributed by atoms with Gasteiger partial charge >= 0.3 is 0 Å². The van der Waals surface area contributed by atoms with Crippen molar-refractivity contribution < 1.29 is 18.3 Å². The fourth-order valence-electron chi connectivity index (χ4n) is 3.20. The quantitative estimate of drug-likeness (QED) is 0.680. The van der Waals surface area contributed by atoms with Gasteiger partial charge in [-0.25, -0.2) is 9.37 Å². The molecule has 27 heavy (non-hydrogen) atoms. The van der Waals surface area contributed by atoms with Crippen LogP contribution in [-0.4, -0.2) is 36.7 Å². The molecule has 140 valence electrons. The van der Waals surface area contributed by atoms with Gasteiger partial charge in [-0.15, -0.1) is 0 Å². The normalized spacial score (nSPS) is 17.8. The molecule has 4 rings (SSSR count). The van der Waals surface area contributed by atoms with E-state index in [1.54, 1.807) is 25.5 Å². The molecule has 2 aromatic carbocycles. The molecule has 0 saturated carbocycles. The second-order valence-electron chi connectivity index (χ2n) is 6.52. The van der Waals surface area contributed by atoms with Crippen LogP contribution in [0.2, 0.25) is 0 Å². The average Bonchev–Trinajstić information content (AvgIpc) is 3.17. The third kappa shape index (κ3) is 4.18. The summed E-state index contributed by atoms with van der Waals surface area (Å²) < 4.78 is 29.8. The van der Waals surface area contributed by atoms with Crippen molar-refractivity contribution in [1.29, 1.82) is 0 Å². The summed E-state index contributed by atoms with van der Waals surface area (Å²) in [5, 5.41) is 0. The second kappa shape index (κ2) is 7.90. The Morgan fingerprint density at radius 1 is 1.15 bits per heavy atom. The van der Waals surface area contributed by atoms with Crippen LogP contribution in [0.25, 0.3) is 11.5 Å². The number of ether oxygens (including phenoxy) is 2. The number of oxazole rings is 1. The van der Waals surface area contributed by atoms with Gasteiger partial charge in [0.1, 0.15) is 17.8 Å². The van der Waals surface area contributed by atoms with E-state index in [4.69, 9.17) is 13.9 Å². The number of rotatable bonds is 5. The predicted octanol–water partition coefficient (Wildman–Crippen LogP) is 4.06. The van der Waals surface area contributed by atoms with Crippen LogP contribution in [0.15, 0.2) is 59.2 Å². The van der Waals surface area contributed by atoms with Crippen LogP contribution in [0.4, 0.5) is 4.39 Å². The van der Waals surface area contributed by atoms with Crippen molar-refractivity contribution in [2.75, 3.05) is 26.8 Å². The molecule has 0 aliphatic carbocycles. The van der Waals surface area contributed by atoms with E-state index in [1.165, 1.54) is 12.1 Å². The summed E-state index contributed by atoms with van der Waals surface area (Å²) in [7, 11) is 1.64. The molecule has 1 aliphatic heterocycles. The molecule has 1 aliphatic rings. The number of morpholine rings is 1. The van der Waals surface area contributed by atoms with Gasteiger partial charge in [0.2, 0.25) is 5.89 Å². The molecule has 2 heterocycles. The van der Waals surface area contributed by atoms with Crippen LogP contribution >= 0.6 is 0 Å². The molecular formula is C21H21FN2O3. The Bertz CT molecular complexity index is 877. The molecule has 6 heteroatoms. The Hall–Kier alpha value is -2.70. The molecular weight excluding hydrogens is 347 g/mol. The van der Waals surface area contributed by atoms with Crippen molar-refractivity contribution in [1.82, 2.24) is 9.88 Å². The fraction of sp³-hybridized carbons (Fsp3) is 0.286. The second-order valence-corrected chi connectivity index (χ2v) is 6.52. The molecule has 0 amide bonds. The van der Waals surface area contributed by atoms with Gasteiger partial charge in [0.05, 0.1) is 25.5 Å². The number of aromatic nitrogens is 1. The number of hydrogen-bond donors (Lipinski definition) is 0. The van der Waals surface area contributed by atoms with Crippen LogP contribution in [-0.2, 0) is 11.3 Å². The highest BCUT2D eigenvalue weighted by Gasteiger charge is 2.23. The molecule has 0 bridgehead atoms. The fourth-order valence-corrected chi connectivity index (χ4v) is 3.20. The standard InChI is InChI=1S/C21H21FN2O3/c1-25-19-8-4-16(5-9-19)21-23-18(14-27-21)12-24-10-11-26-20(13-24)15-2-6-17(22)7-3-15/h2-9,14,20H,10-13H2,1H3. The third-order valence-corrected chi connectivity index (χ3v) is 4.67. The van der Waals surface area contributed by atoms with Crippen molar-refractivity contribution in [3.63, 3.8) is 0 Å². The van der Waals surface area contributed by atoms with Gasteiger partial charge in [-0.2, -0.15) is 0 Å². The van der Waals surface area contributed by atoms with Crippen molar-refractivity contribution in [3.8, 4) is 17.2 Å². The summed E-state index contributed by atoms with van der Waals surface area (Å²) in [6.07, 6.45) is 1.63. The minimum atomic E-state index is -0.236. The minimum Gasteiger partial charge on any atom is -0.497 e. The Morgan fingerprint density at radius 2 is 1.93 bits per heavy atom. The van der Waals surface area contributed by atoms with Crippen LogP contribution in [0.5, 0.6) is 5.75 Å². The summed E-state index contributed by atoms with van der Waals surface area (Å²) >= 11 is 0. The van der Waals surface area contributed by atoms with Gasteiger partial charge in [0.15, 0.2) is 0 Å². The van der Waals surface area contributed by atoms with Gasteiger partial charge in [-0.05, 0) is 42.0 Å². The topological polar surface area (TPSA) is 47.7 Å². The highest BCUT2D eigenvalue weighted by molar-refractivity contribution is 5.54. The lowest BCUT2D eigenvalue weighted by atomic mass is 10.1. The molecule has 0 N–H and O–H groups in total. The highest BCUT2D eigenvalue weighted by Crippen LogP contribution is 2.25. The van der Waals surface area contributed by atoms with Gasteiger partial charge in [-0.1, -0.05) is 12.1 Å². The zero-order valence-electron chi connectivity index (χ0n) is 15.1. The number of benzene rings is 2. The first-order valence-corrected chi connectivity index (χ1v) is 8.89. The largest absolute Gasteiger partial charge is 0.497 e. The first kappa shape index (κ1) is 17.7. The maximum absolute atomic E-state index is 13.1. The van der Waals surface area contributed by atoms with Crippen LogP contribution in [0.1, 0.15) is 17.4 Å². The average molecular weight is 368 g/mol. The van der Waals surface area contributed by atoms with Gasteiger partial charge in [0.25, 0.3) is 0 Å². The minimum absolute atomic E-state index is 0.0627. The summed E-state index contributed by atoms with van der Waals surface area (Å²) in [5.41, 5.74) is 2.77. The van der Waals surface area contributed by atoms with Crippen molar-refractivity contribution in [3.05, 3.63) is 71.9 Å². The molecule has 0 spiro atoms. The lowest BCUT2D eigenvalue weighted by Gasteiger charge is -2.32. The van der Waals surface area contributed by atoms with E-state index in [-0.39, 0.29) is 11.9 Å². The van der Waals surface area contributed by atoms with E-state index in [2.05, 4.69) is 9.88 Å². The molecule has 5 nitrogen and oxygen atoms in total. The van der Waals surface area contributed by atoms with Crippen molar-refractivity contribution in [2.45, 2.75) is 12.6 Å². The monoisotopic (exact) mass is 368 g/mol. The molecule has 0 radical (unpaired) electrons. The summed E-state index contributed by atoms with van der Waals surface area (Å²) in [6.45, 7) is 2.87. The van der Waals surface area contributed by atoms with Crippen molar-refractivity contribution in [2.24, 2.45) is 0 Å². The summed E-state index contributed by atoms with van der Waals surface area (Å²) in [4.78, 5) is 6.87. The molecule has 1 atom stereocenters. The van der Waals surface area contributed by atoms with Gasteiger partial charge in [0, 0.05) is 25.2 Å². The third-order valence-electron chi connectivity index (χ3n) is 4.67. The van der Waals surface area contributed by atoms with Gasteiger partial charge in [-0.3, -0.25) is 4.90 Å². The van der Waals surface area contributed by atoms with Crippen LogP contribution < -0.4 is 4.74 Å². The Balaban J connectivity index is 1.41. The molecule has 1 unspecified atom stereocenters. The smallest absolute Gasteiger partial charge is 0.226 e. The van der Waals surface area contributed by atoms with E-state index in [0.717, 1.165) is 35.7 Å². The van der Waals surface area contributed by atoms with E-state index in [9.17, 15) is 4.39 Å². The Morgan fingerprint density at radius 3 is 2.67 bits per heavy atom. The number of halogens is 1. The Kier molecular flexibility index (Phi) is 5.18. The number of hydrogen-bond acceptors (Lipinski definition) is 5. The maximum atomic E-state index is 13.1. The highest BCUT2D eigenvalue weighted by atomic mass is 19.1. The summed E-state index contributed by atoms with van der Waals surface area (Å²) in [6, 6.07) is 14.1. The van der Waals surface area contributed by atoms with E-state index in [1.807, 2.05) is 24.3 Å². The predicted molar refractivity (Wildman–Crippen MR) is 98.9 cm³/mol. The number of nitrogens with zero attached hydrogens (tertiary/aromatic N) is 2. The zero-order chi connectivity index (χ0) is 18.6.